The Labute approximate surface area is 184 Å². The number of hydrogen-bond acceptors (Lipinski definition) is 3. The smallest absolute Gasteiger partial charge is 0.248 e. The van der Waals surface area contributed by atoms with Gasteiger partial charge in [0.2, 0.25) is 15.9 Å². The van der Waals surface area contributed by atoms with Gasteiger partial charge in [0.25, 0.3) is 0 Å². The van der Waals surface area contributed by atoms with Crippen molar-refractivity contribution in [3.8, 4) is 11.1 Å². The minimum Gasteiger partial charge on any atom is -0.324 e. The van der Waals surface area contributed by atoms with E-state index in [4.69, 9.17) is 0 Å². The standard InChI is InChI=1S/C25H28N2O3S/c1-5-24(27(31(4,29)30)21-16-15-18(2)19(3)17-21)25(28)26-23-14-10-9-13-22(23)20-11-7-6-8-12-20/h6-17,24H,5H2,1-4H3,(H,26,28)/t24-/m0/s1. The van der Waals surface area contributed by atoms with Gasteiger partial charge in [-0.1, -0.05) is 61.5 Å². The molecule has 1 N–H and O–H groups in total. The Morgan fingerprint density at radius 3 is 2.19 bits per heavy atom. The Kier molecular flexibility index (Phi) is 6.81. The zero-order valence-electron chi connectivity index (χ0n) is 18.3. The first-order valence-electron chi connectivity index (χ1n) is 10.2. The van der Waals surface area contributed by atoms with E-state index in [-0.39, 0.29) is 5.91 Å². The van der Waals surface area contributed by atoms with Gasteiger partial charge in [-0.25, -0.2) is 8.42 Å². The van der Waals surface area contributed by atoms with Gasteiger partial charge in [0.05, 0.1) is 11.9 Å². The maximum Gasteiger partial charge on any atom is 0.248 e. The summed E-state index contributed by atoms with van der Waals surface area (Å²) in [4.78, 5) is 13.3. The van der Waals surface area contributed by atoms with Gasteiger partial charge >= 0.3 is 0 Å². The lowest BCUT2D eigenvalue weighted by Crippen LogP contribution is -2.47. The average molecular weight is 437 g/mol. The van der Waals surface area contributed by atoms with Crippen LogP contribution in [0.4, 0.5) is 11.4 Å². The number of nitrogens with one attached hydrogen (secondary N) is 1. The van der Waals surface area contributed by atoms with E-state index in [1.165, 1.54) is 4.31 Å². The molecule has 31 heavy (non-hydrogen) atoms. The molecule has 0 radical (unpaired) electrons. The summed E-state index contributed by atoms with van der Waals surface area (Å²) >= 11 is 0. The lowest BCUT2D eigenvalue weighted by atomic mass is 10.0. The number of benzene rings is 3. The van der Waals surface area contributed by atoms with E-state index in [1.54, 1.807) is 6.07 Å². The fourth-order valence-corrected chi connectivity index (χ4v) is 4.80. The third kappa shape index (κ3) is 5.14. The molecule has 0 bridgehead atoms. The molecule has 0 unspecified atom stereocenters. The molecule has 6 heteroatoms. The molecule has 0 saturated heterocycles. The van der Waals surface area contributed by atoms with Gasteiger partial charge in [-0.05, 0) is 55.2 Å². The Morgan fingerprint density at radius 1 is 0.935 bits per heavy atom. The van der Waals surface area contributed by atoms with Crippen LogP contribution in [0.1, 0.15) is 24.5 Å². The van der Waals surface area contributed by atoms with E-state index in [0.717, 1.165) is 28.5 Å². The van der Waals surface area contributed by atoms with Crippen molar-refractivity contribution in [3.05, 3.63) is 83.9 Å². The highest BCUT2D eigenvalue weighted by Crippen LogP contribution is 2.29. The van der Waals surface area contributed by atoms with Crippen molar-refractivity contribution < 1.29 is 13.2 Å². The average Bonchev–Trinajstić information content (AvgIpc) is 2.74. The van der Waals surface area contributed by atoms with E-state index in [0.29, 0.717) is 17.8 Å². The van der Waals surface area contributed by atoms with Crippen molar-refractivity contribution in [2.75, 3.05) is 15.9 Å². The lowest BCUT2D eigenvalue weighted by molar-refractivity contribution is -0.117. The van der Waals surface area contributed by atoms with Crippen LogP contribution in [-0.4, -0.2) is 26.6 Å². The summed E-state index contributed by atoms with van der Waals surface area (Å²) in [5.41, 5.74) is 5.01. The van der Waals surface area contributed by atoms with E-state index in [2.05, 4.69) is 5.32 Å². The molecule has 0 aromatic heterocycles. The normalized spacial score (nSPS) is 12.3. The maximum absolute atomic E-state index is 13.3. The fourth-order valence-electron chi connectivity index (χ4n) is 3.60. The minimum absolute atomic E-state index is 0.333. The summed E-state index contributed by atoms with van der Waals surface area (Å²) in [5, 5.41) is 2.96. The Bertz CT molecular complexity index is 1170. The van der Waals surface area contributed by atoms with E-state index in [9.17, 15) is 13.2 Å². The first-order valence-corrected chi connectivity index (χ1v) is 12.1. The molecule has 162 valence electrons. The van der Waals surface area contributed by atoms with Crippen molar-refractivity contribution >= 4 is 27.3 Å². The zero-order chi connectivity index (χ0) is 22.6. The second-order valence-corrected chi connectivity index (χ2v) is 9.51. The number of aryl methyl sites for hydroxylation is 2. The fraction of sp³-hybridized carbons (Fsp3) is 0.240. The van der Waals surface area contributed by atoms with Gasteiger partial charge in [0.15, 0.2) is 0 Å². The highest BCUT2D eigenvalue weighted by molar-refractivity contribution is 7.92. The molecule has 0 heterocycles. The molecule has 5 nitrogen and oxygen atoms in total. The monoisotopic (exact) mass is 436 g/mol. The maximum atomic E-state index is 13.3. The van der Waals surface area contributed by atoms with E-state index >= 15 is 0 Å². The number of nitrogens with zero attached hydrogens (tertiary/aromatic N) is 1. The molecule has 1 amide bonds. The Morgan fingerprint density at radius 2 is 1.58 bits per heavy atom. The summed E-state index contributed by atoms with van der Waals surface area (Å²) < 4.78 is 26.7. The molecule has 0 aliphatic heterocycles. The van der Waals surface area contributed by atoms with E-state index in [1.807, 2.05) is 87.5 Å². The van der Waals surface area contributed by atoms with Crippen LogP contribution in [0, 0.1) is 13.8 Å². The van der Waals surface area contributed by atoms with Crippen LogP contribution >= 0.6 is 0 Å². The first kappa shape index (κ1) is 22.6. The highest BCUT2D eigenvalue weighted by Gasteiger charge is 2.32. The number of sulfonamides is 1. The van der Waals surface area contributed by atoms with Crippen LogP contribution in [0.25, 0.3) is 11.1 Å². The second-order valence-electron chi connectivity index (χ2n) is 7.65. The SMILES string of the molecule is CC[C@@H](C(=O)Nc1ccccc1-c1ccccc1)N(c1ccc(C)c(C)c1)S(C)(=O)=O. The predicted octanol–water partition coefficient (Wildman–Crippen LogP) is 5.15. The van der Waals surface area contributed by atoms with Crippen molar-refractivity contribution in [1.29, 1.82) is 0 Å². The number of para-hydroxylation sites is 1. The van der Waals surface area contributed by atoms with Crippen LogP contribution < -0.4 is 9.62 Å². The van der Waals surface area contributed by atoms with Gasteiger partial charge in [0.1, 0.15) is 6.04 Å². The number of carbonyl (C=O) groups is 1. The third-order valence-corrected chi connectivity index (χ3v) is 6.52. The van der Waals surface area contributed by atoms with Crippen molar-refractivity contribution in [1.82, 2.24) is 0 Å². The molecule has 0 aliphatic carbocycles. The number of anilines is 2. The Hall–Kier alpha value is -3.12. The summed E-state index contributed by atoms with van der Waals surface area (Å²) in [6, 6.07) is 21.8. The topological polar surface area (TPSA) is 66.5 Å². The third-order valence-electron chi connectivity index (χ3n) is 5.34. The number of amides is 1. The molecule has 0 aliphatic rings. The first-order chi connectivity index (χ1) is 14.7. The number of hydrogen-bond donors (Lipinski definition) is 1. The van der Waals surface area contributed by atoms with Crippen LogP contribution in [0.2, 0.25) is 0 Å². The van der Waals surface area contributed by atoms with Crippen LogP contribution in [0.3, 0.4) is 0 Å². The van der Waals surface area contributed by atoms with Crippen molar-refractivity contribution in [2.45, 2.75) is 33.2 Å². The lowest BCUT2D eigenvalue weighted by Gasteiger charge is -2.30. The number of rotatable bonds is 7. The van der Waals surface area contributed by atoms with Gasteiger partial charge in [-0.15, -0.1) is 0 Å². The summed E-state index contributed by atoms with van der Waals surface area (Å²) in [7, 11) is -3.69. The molecule has 0 spiro atoms. The molecule has 0 fully saturated rings. The molecular formula is C25H28N2O3S. The largest absolute Gasteiger partial charge is 0.324 e. The zero-order valence-corrected chi connectivity index (χ0v) is 19.1. The number of carbonyl (C=O) groups excluding carboxylic acids is 1. The molecule has 1 atom stereocenters. The molecule has 3 aromatic rings. The second kappa shape index (κ2) is 9.35. The predicted molar refractivity (Wildman–Crippen MR) is 128 cm³/mol. The molecule has 3 aromatic carbocycles. The van der Waals surface area contributed by atoms with E-state index < -0.39 is 16.1 Å². The van der Waals surface area contributed by atoms with Crippen LogP contribution in [-0.2, 0) is 14.8 Å². The highest BCUT2D eigenvalue weighted by atomic mass is 32.2. The van der Waals surface area contributed by atoms with Gasteiger partial charge in [0, 0.05) is 11.3 Å². The minimum atomic E-state index is -3.69. The van der Waals surface area contributed by atoms with Crippen LogP contribution in [0.15, 0.2) is 72.8 Å². The molecule has 3 rings (SSSR count). The molecular weight excluding hydrogens is 408 g/mol. The van der Waals surface area contributed by atoms with Crippen LogP contribution in [0.5, 0.6) is 0 Å². The molecule has 0 saturated carbocycles. The van der Waals surface area contributed by atoms with Gasteiger partial charge in [-0.2, -0.15) is 0 Å². The summed E-state index contributed by atoms with van der Waals surface area (Å²) in [6.45, 7) is 5.71. The van der Waals surface area contributed by atoms with Gasteiger partial charge < -0.3 is 5.32 Å². The quantitative estimate of drug-likeness (QED) is 0.557. The van der Waals surface area contributed by atoms with Crippen molar-refractivity contribution in [3.63, 3.8) is 0 Å². The Balaban J connectivity index is 1.98. The van der Waals surface area contributed by atoms with Gasteiger partial charge in [-0.3, -0.25) is 9.10 Å². The summed E-state index contributed by atoms with van der Waals surface area (Å²) in [5.74, 6) is -0.366. The van der Waals surface area contributed by atoms with Crippen molar-refractivity contribution in [2.24, 2.45) is 0 Å². The summed E-state index contributed by atoms with van der Waals surface area (Å²) in [6.07, 6.45) is 1.47.